The lowest BCUT2D eigenvalue weighted by Crippen LogP contribution is -2.09. The zero-order chi connectivity index (χ0) is 14.2. The number of ketones is 1. The fraction of sp³-hybridized carbons (Fsp3) is 0.353. The summed E-state index contributed by atoms with van der Waals surface area (Å²) in [4.78, 5) is 11.8. The Bertz CT molecular complexity index is 586. The maximum absolute atomic E-state index is 11.8. The molecule has 100 valence electrons. The molecule has 0 spiro atoms. The summed E-state index contributed by atoms with van der Waals surface area (Å²) >= 11 is 6.01. The smallest absolute Gasteiger partial charge is 0.160 e. The zero-order valence-electron chi connectivity index (χ0n) is 11.9. The highest BCUT2D eigenvalue weighted by Gasteiger charge is 2.24. The van der Waals surface area contributed by atoms with Crippen LogP contribution in [0.25, 0.3) is 5.57 Å². The van der Waals surface area contributed by atoms with Gasteiger partial charge >= 0.3 is 0 Å². The third-order valence-corrected chi connectivity index (χ3v) is 3.66. The van der Waals surface area contributed by atoms with Crippen molar-refractivity contribution in [3.63, 3.8) is 0 Å². The molecule has 0 aromatic heterocycles. The molecule has 0 bridgehead atoms. The molecule has 0 heterocycles. The van der Waals surface area contributed by atoms with Crippen LogP contribution >= 0.6 is 11.6 Å². The molecule has 0 unspecified atom stereocenters. The zero-order valence-corrected chi connectivity index (χ0v) is 12.6. The lowest BCUT2D eigenvalue weighted by molar-refractivity contribution is 0.101. The Morgan fingerprint density at radius 3 is 2.53 bits per heavy atom. The first kappa shape index (κ1) is 14.1. The van der Waals surface area contributed by atoms with Gasteiger partial charge in [0.2, 0.25) is 0 Å². The quantitative estimate of drug-likeness (QED) is 0.669. The van der Waals surface area contributed by atoms with Crippen LogP contribution in [0.3, 0.4) is 0 Å². The van der Waals surface area contributed by atoms with Gasteiger partial charge in [0.15, 0.2) is 5.78 Å². The number of halogens is 1. The molecule has 1 nitrogen and oxygen atoms in total. The molecule has 1 aliphatic rings. The largest absolute Gasteiger partial charge is 0.294 e. The third kappa shape index (κ3) is 2.82. The predicted molar refractivity (Wildman–Crippen MR) is 81.6 cm³/mol. The molecule has 0 atom stereocenters. The van der Waals surface area contributed by atoms with Gasteiger partial charge < -0.3 is 0 Å². The number of hydrogen-bond donors (Lipinski definition) is 0. The summed E-state index contributed by atoms with van der Waals surface area (Å²) in [6.45, 7) is 8.18. The van der Waals surface area contributed by atoms with Gasteiger partial charge in [-0.3, -0.25) is 4.79 Å². The van der Waals surface area contributed by atoms with Crippen molar-refractivity contribution in [1.29, 1.82) is 0 Å². The Hall–Kier alpha value is -1.34. The number of allylic oxidation sites excluding steroid dienone is 4. The van der Waals surface area contributed by atoms with Gasteiger partial charge in [0, 0.05) is 10.6 Å². The molecule has 1 aliphatic carbocycles. The molecular formula is C17H19ClO. The second kappa shape index (κ2) is 4.97. The monoisotopic (exact) mass is 274 g/mol. The van der Waals surface area contributed by atoms with E-state index in [1.807, 2.05) is 12.1 Å². The van der Waals surface area contributed by atoms with E-state index in [2.05, 4.69) is 32.9 Å². The van der Waals surface area contributed by atoms with Gasteiger partial charge in [-0.1, -0.05) is 50.6 Å². The van der Waals surface area contributed by atoms with E-state index in [1.54, 1.807) is 13.0 Å². The van der Waals surface area contributed by atoms with Crippen molar-refractivity contribution in [2.24, 2.45) is 5.41 Å². The normalized spacial score (nSPS) is 15.2. The second-order valence-electron chi connectivity index (χ2n) is 5.99. The van der Waals surface area contributed by atoms with Crippen molar-refractivity contribution in [3.8, 4) is 0 Å². The number of hydrogen-bond acceptors (Lipinski definition) is 1. The molecule has 0 N–H and O–H groups in total. The van der Waals surface area contributed by atoms with Crippen molar-refractivity contribution in [2.75, 3.05) is 0 Å². The molecule has 1 aromatic carbocycles. The predicted octanol–water partition coefficient (Wildman–Crippen LogP) is 5.30. The van der Waals surface area contributed by atoms with Gasteiger partial charge in [-0.25, -0.2) is 0 Å². The van der Waals surface area contributed by atoms with Crippen LogP contribution in [0.4, 0.5) is 0 Å². The number of carbonyl (C=O) groups is 1. The number of Topliss-reactive ketones (excluding diaryl/α,β-unsaturated/α-hetero) is 1. The molecular weight excluding hydrogens is 256 g/mol. The average molecular weight is 275 g/mol. The first-order chi connectivity index (χ1) is 8.80. The topological polar surface area (TPSA) is 17.1 Å². The van der Waals surface area contributed by atoms with Crippen LogP contribution in [0, 0.1) is 5.41 Å². The minimum Gasteiger partial charge on any atom is -0.294 e. The Kier molecular flexibility index (Phi) is 3.69. The Morgan fingerprint density at radius 2 is 1.95 bits per heavy atom. The van der Waals surface area contributed by atoms with E-state index in [-0.39, 0.29) is 11.2 Å². The summed E-state index contributed by atoms with van der Waals surface area (Å²) in [5.74, 6) is 0.0603. The first-order valence-corrected chi connectivity index (χ1v) is 6.89. The van der Waals surface area contributed by atoms with Gasteiger partial charge in [0.05, 0.1) is 0 Å². The summed E-state index contributed by atoms with van der Waals surface area (Å²) in [6, 6.07) is 5.59. The van der Waals surface area contributed by atoms with E-state index in [9.17, 15) is 4.79 Å². The molecule has 0 radical (unpaired) electrons. The Labute approximate surface area is 120 Å². The fourth-order valence-electron chi connectivity index (χ4n) is 2.53. The van der Waals surface area contributed by atoms with Crippen LogP contribution in [0.1, 0.15) is 50.0 Å². The van der Waals surface area contributed by atoms with E-state index < -0.39 is 0 Å². The van der Waals surface area contributed by atoms with Crippen LogP contribution in [0.2, 0.25) is 5.02 Å². The summed E-state index contributed by atoms with van der Waals surface area (Å²) in [5.41, 5.74) is 4.36. The van der Waals surface area contributed by atoms with Crippen LogP contribution in [0.15, 0.2) is 35.9 Å². The number of benzene rings is 1. The second-order valence-corrected chi connectivity index (χ2v) is 6.43. The maximum atomic E-state index is 11.8. The SMILES string of the molecule is CC(=O)c1cc(Cl)ccc1C1=C(C(C)(C)C)C=CC1. The van der Waals surface area contributed by atoms with Gasteiger partial charge in [-0.15, -0.1) is 0 Å². The molecule has 0 amide bonds. The van der Waals surface area contributed by atoms with Crippen LogP contribution < -0.4 is 0 Å². The first-order valence-electron chi connectivity index (χ1n) is 6.51. The van der Waals surface area contributed by atoms with E-state index in [4.69, 9.17) is 11.6 Å². The van der Waals surface area contributed by atoms with Crippen molar-refractivity contribution in [1.82, 2.24) is 0 Å². The van der Waals surface area contributed by atoms with E-state index in [1.165, 1.54) is 11.1 Å². The Balaban J connectivity index is 2.63. The van der Waals surface area contributed by atoms with Crippen molar-refractivity contribution < 1.29 is 4.79 Å². The highest BCUT2D eigenvalue weighted by Crippen LogP contribution is 2.40. The molecule has 19 heavy (non-hydrogen) atoms. The standard InChI is InChI=1S/C17H19ClO/c1-11(19)15-10-12(18)8-9-13(15)14-6-5-7-16(14)17(2,3)4/h5,7-10H,6H2,1-4H3. The van der Waals surface area contributed by atoms with Crippen LogP contribution in [-0.2, 0) is 0 Å². The minimum absolute atomic E-state index is 0.0603. The van der Waals surface area contributed by atoms with Crippen molar-refractivity contribution >= 4 is 23.0 Å². The molecule has 0 saturated carbocycles. The average Bonchev–Trinajstić information content (AvgIpc) is 2.77. The summed E-state index contributed by atoms with van der Waals surface area (Å²) in [6.07, 6.45) is 5.22. The number of rotatable bonds is 2. The van der Waals surface area contributed by atoms with Gasteiger partial charge in [0.1, 0.15) is 0 Å². The highest BCUT2D eigenvalue weighted by molar-refractivity contribution is 6.31. The summed E-state index contributed by atoms with van der Waals surface area (Å²) in [7, 11) is 0. The fourth-order valence-corrected chi connectivity index (χ4v) is 2.71. The molecule has 2 rings (SSSR count). The summed E-state index contributed by atoms with van der Waals surface area (Å²) in [5, 5.41) is 0.609. The van der Waals surface area contributed by atoms with E-state index in [0.29, 0.717) is 10.6 Å². The van der Waals surface area contributed by atoms with Gasteiger partial charge in [0.25, 0.3) is 0 Å². The van der Waals surface area contributed by atoms with Gasteiger partial charge in [-0.2, -0.15) is 0 Å². The van der Waals surface area contributed by atoms with E-state index >= 15 is 0 Å². The molecule has 1 aromatic rings. The highest BCUT2D eigenvalue weighted by atomic mass is 35.5. The van der Waals surface area contributed by atoms with Crippen LogP contribution in [-0.4, -0.2) is 5.78 Å². The molecule has 0 saturated heterocycles. The van der Waals surface area contributed by atoms with E-state index in [0.717, 1.165) is 12.0 Å². The lowest BCUT2D eigenvalue weighted by Gasteiger charge is -2.22. The minimum atomic E-state index is 0.0603. The Morgan fingerprint density at radius 1 is 1.26 bits per heavy atom. The lowest BCUT2D eigenvalue weighted by atomic mass is 9.82. The molecule has 0 fully saturated rings. The maximum Gasteiger partial charge on any atom is 0.160 e. The number of carbonyl (C=O) groups excluding carboxylic acids is 1. The summed E-state index contributed by atoms with van der Waals surface area (Å²) < 4.78 is 0. The van der Waals surface area contributed by atoms with Crippen molar-refractivity contribution in [2.45, 2.75) is 34.1 Å². The van der Waals surface area contributed by atoms with Crippen LogP contribution in [0.5, 0.6) is 0 Å². The van der Waals surface area contributed by atoms with Gasteiger partial charge in [-0.05, 0) is 47.6 Å². The third-order valence-electron chi connectivity index (χ3n) is 3.43. The van der Waals surface area contributed by atoms with Crippen molar-refractivity contribution in [3.05, 3.63) is 52.1 Å². The molecule has 2 heteroatoms. The molecule has 0 aliphatic heterocycles.